The highest BCUT2D eigenvalue weighted by Crippen LogP contribution is 2.72. The van der Waals surface area contributed by atoms with E-state index in [1.54, 1.807) is 6.08 Å². The first-order chi connectivity index (χ1) is 15.2. The molecule has 5 aliphatic rings. The molecule has 0 saturated heterocycles. The Morgan fingerprint density at radius 1 is 1.06 bits per heavy atom. The second-order valence-corrected chi connectivity index (χ2v) is 12.4. The van der Waals surface area contributed by atoms with E-state index in [1.165, 1.54) is 32.1 Å². The number of ether oxygens (including phenoxy) is 1. The lowest BCUT2D eigenvalue weighted by atomic mass is 9.35. The Kier molecular flexibility index (Phi) is 5.36. The Morgan fingerprint density at radius 3 is 2.56 bits per heavy atom. The molecule has 5 aliphatic carbocycles. The first-order valence-electron chi connectivity index (χ1n) is 12.8. The van der Waals surface area contributed by atoms with Gasteiger partial charge in [0.05, 0.1) is 12.2 Å². The van der Waals surface area contributed by atoms with Gasteiger partial charge in [-0.15, -0.1) is 0 Å². The predicted molar refractivity (Wildman–Crippen MR) is 128 cm³/mol. The Hall–Kier alpha value is -1.61. The average molecular weight is 437 g/mol. The minimum Gasteiger partial charge on any atom is -0.462 e. The molecule has 5 saturated carbocycles. The maximum Gasteiger partial charge on any atom is 0.330 e. The zero-order valence-corrected chi connectivity index (χ0v) is 20.1. The molecule has 1 N–H and O–H groups in total. The third-order valence-electron chi connectivity index (χ3n) is 10.3. The fourth-order valence-corrected chi connectivity index (χ4v) is 8.94. The molecule has 3 heteroatoms. The molecule has 0 aromatic heterocycles. The number of benzene rings is 1. The monoisotopic (exact) mass is 436 g/mol. The van der Waals surface area contributed by atoms with Crippen molar-refractivity contribution in [3.63, 3.8) is 0 Å². The number of aliphatic hydroxyl groups is 1. The minimum absolute atomic E-state index is 0.0609. The maximum absolute atomic E-state index is 12.8. The summed E-state index contributed by atoms with van der Waals surface area (Å²) in [6.45, 7) is 7.50. The van der Waals surface area contributed by atoms with Gasteiger partial charge in [-0.2, -0.15) is 0 Å². The topological polar surface area (TPSA) is 46.5 Å². The van der Waals surface area contributed by atoms with Gasteiger partial charge in [0.1, 0.15) is 0 Å². The third-order valence-corrected chi connectivity index (χ3v) is 10.3. The van der Waals surface area contributed by atoms with Crippen molar-refractivity contribution in [3.8, 4) is 0 Å². The number of carbonyl (C=O) groups excluding carboxylic acids is 1. The second-order valence-electron chi connectivity index (χ2n) is 12.4. The normalized spacial score (nSPS) is 42.3. The van der Waals surface area contributed by atoms with Crippen LogP contribution in [-0.4, -0.2) is 23.3 Å². The molecule has 6 rings (SSSR count). The zero-order chi connectivity index (χ0) is 22.6. The van der Waals surface area contributed by atoms with Crippen molar-refractivity contribution in [3.05, 3.63) is 42.0 Å². The summed E-state index contributed by atoms with van der Waals surface area (Å²) in [6, 6.07) is 9.93. The van der Waals surface area contributed by atoms with E-state index < -0.39 is 5.60 Å². The van der Waals surface area contributed by atoms with Crippen LogP contribution in [0.15, 0.2) is 36.4 Å². The van der Waals surface area contributed by atoms with Gasteiger partial charge in [0.2, 0.25) is 0 Å². The van der Waals surface area contributed by atoms with Crippen LogP contribution in [-0.2, 0) is 9.53 Å². The van der Waals surface area contributed by atoms with Gasteiger partial charge in [-0.25, -0.2) is 4.79 Å². The van der Waals surface area contributed by atoms with Gasteiger partial charge in [0.25, 0.3) is 0 Å². The number of rotatable bonds is 4. The Balaban J connectivity index is 1.41. The summed E-state index contributed by atoms with van der Waals surface area (Å²) in [6.07, 6.45) is 14.0. The van der Waals surface area contributed by atoms with Gasteiger partial charge < -0.3 is 9.84 Å². The largest absolute Gasteiger partial charge is 0.462 e. The van der Waals surface area contributed by atoms with Gasteiger partial charge >= 0.3 is 5.97 Å². The van der Waals surface area contributed by atoms with Crippen LogP contribution in [0, 0.1) is 34.0 Å². The first kappa shape index (κ1) is 22.2. The van der Waals surface area contributed by atoms with E-state index in [0.717, 1.165) is 31.2 Å². The molecule has 0 aliphatic heterocycles. The van der Waals surface area contributed by atoms with Crippen molar-refractivity contribution < 1.29 is 14.6 Å². The molecule has 5 fully saturated rings. The Labute approximate surface area is 193 Å². The van der Waals surface area contributed by atoms with E-state index in [0.29, 0.717) is 24.4 Å². The van der Waals surface area contributed by atoms with E-state index >= 15 is 0 Å². The number of esters is 1. The number of hydrogen-bond donors (Lipinski definition) is 1. The summed E-state index contributed by atoms with van der Waals surface area (Å²) in [4.78, 5) is 12.8. The molecule has 0 heterocycles. The molecule has 1 aromatic rings. The summed E-state index contributed by atoms with van der Waals surface area (Å²) in [5.41, 5.74) is 1.07. The molecule has 3 nitrogen and oxygen atoms in total. The number of carbonyl (C=O) groups is 1. The van der Waals surface area contributed by atoms with Crippen molar-refractivity contribution in [2.45, 2.75) is 84.2 Å². The van der Waals surface area contributed by atoms with Crippen LogP contribution in [0.3, 0.4) is 0 Å². The molecule has 0 amide bonds. The maximum atomic E-state index is 12.8. The number of hydrogen-bond acceptors (Lipinski definition) is 3. The summed E-state index contributed by atoms with van der Waals surface area (Å²) in [5.74, 6) is 1.33. The fraction of sp³-hybridized carbons (Fsp3) is 0.690. The highest BCUT2D eigenvalue weighted by atomic mass is 16.5. The van der Waals surface area contributed by atoms with Crippen LogP contribution in [0.2, 0.25) is 0 Å². The molecule has 0 radical (unpaired) electrons. The lowest BCUT2D eigenvalue weighted by Gasteiger charge is -2.70. The Bertz CT molecular complexity index is 885. The van der Waals surface area contributed by atoms with Crippen molar-refractivity contribution in [1.82, 2.24) is 0 Å². The van der Waals surface area contributed by atoms with E-state index in [-0.39, 0.29) is 22.2 Å². The van der Waals surface area contributed by atoms with Gasteiger partial charge in [-0.1, -0.05) is 50.6 Å². The van der Waals surface area contributed by atoms with Crippen molar-refractivity contribution in [2.24, 2.45) is 34.0 Å². The molecule has 32 heavy (non-hydrogen) atoms. The van der Waals surface area contributed by atoms with E-state index in [2.05, 4.69) is 20.8 Å². The molecule has 1 aromatic carbocycles. The lowest BCUT2D eigenvalue weighted by Crippen LogP contribution is -2.66. The molecule has 1 spiro atoms. The first-order valence-corrected chi connectivity index (χ1v) is 12.8. The molecular formula is C29H40O3. The standard InChI is InChI=1S/C29H40O3/c1-26(2)14-7-15-29(20-32-25(30)11-10-21-8-5-4-6-9-21)23(26)13-17-28-16-12-22(18-24(28)29)27(3,31)19-28/h4-6,8-11,22-24,31H,7,12-20H2,1-3H3/b11-10+/t22-,23+,24+,27+,28+,29-/m0/s1. The fourth-order valence-electron chi connectivity index (χ4n) is 8.94. The summed E-state index contributed by atoms with van der Waals surface area (Å²) in [5, 5.41) is 11.2. The predicted octanol–water partition coefficient (Wildman–Crippen LogP) is 6.41. The molecular weight excluding hydrogens is 396 g/mol. The van der Waals surface area contributed by atoms with E-state index in [9.17, 15) is 9.90 Å². The van der Waals surface area contributed by atoms with Crippen LogP contribution < -0.4 is 0 Å². The Morgan fingerprint density at radius 2 is 1.81 bits per heavy atom. The third kappa shape index (κ3) is 3.56. The quantitative estimate of drug-likeness (QED) is 0.438. The molecule has 0 unspecified atom stereocenters. The smallest absolute Gasteiger partial charge is 0.330 e. The van der Waals surface area contributed by atoms with Crippen LogP contribution in [0.4, 0.5) is 0 Å². The summed E-state index contributed by atoms with van der Waals surface area (Å²) < 4.78 is 6.07. The average Bonchev–Trinajstić information content (AvgIpc) is 2.75. The van der Waals surface area contributed by atoms with Crippen LogP contribution in [0.25, 0.3) is 6.08 Å². The van der Waals surface area contributed by atoms with Gasteiger partial charge in [0, 0.05) is 11.5 Å². The molecule has 174 valence electrons. The van der Waals surface area contributed by atoms with Gasteiger partial charge in [-0.05, 0) is 98.5 Å². The zero-order valence-electron chi connectivity index (χ0n) is 20.1. The van der Waals surface area contributed by atoms with E-state index in [1.807, 2.05) is 36.4 Å². The van der Waals surface area contributed by atoms with Crippen LogP contribution in [0.5, 0.6) is 0 Å². The van der Waals surface area contributed by atoms with Gasteiger partial charge in [0.15, 0.2) is 0 Å². The van der Waals surface area contributed by atoms with Crippen molar-refractivity contribution >= 4 is 12.0 Å². The summed E-state index contributed by atoms with van der Waals surface area (Å²) in [7, 11) is 0. The summed E-state index contributed by atoms with van der Waals surface area (Å²) >= 11 is 0. The molecule has 2 bridgehead atoms. The highest BCUT2D eigenvalue weighted by molar-refractivity contribution is 5.87. The SMILES string of the molecule is CC1(C)CCC[C@]2(COC(=O)/C=C/c3ccccc3)[C@@H]1CC[C@@]13CC[C@@H](C[C@H]12)[C@](C)(O)C3. The highest BCUT2D eigenvalue weighted by Gasteiger charge is 2.67. The lowest BCUT2D eigenvalue weighted by molar-refractivity contribution is -0.246. The van der Waals surface area contributed by atoms with Crippen molar-refractivity contribution in [2.75, 3.05) is 6.61 Å². The van der Waals surface area contributed by atoms with Crippen LogP contribution in [0.1, 0.15) is 84.1 Å². The minimum atomic E-state index is -0.526. The van der Waals surface area contributed by atoms with E-state index in [4.69, 9.17) is 4.74 Å². The van der Waals surface area contributed by atoms with Gasteiger partial charge in [-0.3, -0.25) is 0 Å². The molecule has 6 atom stereocenters. The van der Waals surface area contributed by atoms with Crippen molar-refractivity contribution in [1.29, 1.82) is 0 Å². The second kappa shape index (κ2) is 7.72. The van der Waals surface area contributed by atoms with Crippen LogP contribution >= 0.6 is 0 Å². The number of fused-ring (bicyclic) bond motifs is 3.